The zero-order chi connectivity index (χ0) is 10.6. The summed E-state index contributed by atoms with van der Waals surface area (Å²) in [6.07, 6.45) is 0. The van der Waals surface area contributed by atoms with Gasteiger partial charge in [0.15, 0.2) is 6.67 Å². The normalized spacial score (nSPS) is 13.9. The predicted octanol–water partition coefficient (Wildman–Crippen LogP) is -0.286. The Kier molecular flexibility index (Phi) is 4.61. The van der Waals surface area contributed by atoms with Gasteiger partial charge in [-0.05, 0) is 20.3 Å². The SMILES string of the molecule is CC(=O)N(O)C[NH2+]C(C)P(C)(C)=O. The molecule has 5 nitrogen and oxygen atoms in total. The quantitative estimate of drug-likeness (QED) is 0.289. The lowest BCUT2D eigenvalue weighted by Gasteiger charge is -2.17. The molecular weight excluding hydrogens is 191 g/mol. The van der Waals surface area contributed by atoms with Crippen LogP contribution < -0.4 is 5.32 Å². The van der Waals surface area contributed by atoms with Gasteiger partial charge in [-0.2, -0.15) is 5.06 Å². The van der Waals surface area contributed by atoms with Crippen LogP contribution in [0.2, 0.25) is 0 Å². The van der Waals surface area contributed by atoms with Gasteiger partial charge < -0.3 is 9.88 Å². The molecule has 0 aliphatic heterocycles. The molecular formula is C7H18N2O3P+. The fraction of sp³-hybridized carbons (Fsp3) is 0.857. The Morgan fingerprint density at radius 2 is 2.08 bits per heavy atom. The van der Waals surface area contributed by atoms with Gasteiger partial charge in [0.2, 0.25) is 5.91 Å². The number of nitrogens with zero attached hydrogens (tertiary/aromatic N) is 1. The molecule has 0 aromatic heterocycles. The van der Waals surface area contributed by atoms with Crippen molar-refractivity contribution in [2.45, 2.75) is 19.6 Å². The molecule has 1 unspecified atom stereocenters. The van der Waals surface area contributed by atoms with Crippen LogP contribution >= 0.6 is 7.14 Å². The van der Waals surface area contributed by atoms with Crippen LogP contribution in [0.25, 0.3) is 0 Å². The summed E-state index contributed by atoms with van der Waals surface area (Å²) in [5.74, 6) is -0.494. The Morgan fingerprint density at radius 3 is 2.38 bits per heavy atom. The van der Waals surface area contributed by atoms with E-state index in [2.05, 4.69) is 0 Å². The Labute approximate surface area is 78.4 Å². The second-order valence-electron chi connectivity index (χ2n) is 3.51. The number of hydroxylamine groups is 2. The van der Waals surface area contributed by atoms with Crippen LogP contribution in [0.5, 0.6) is 0 Å². The van der Waals surface area contributed by atoms with E-state index in [-0.39, 0.29) is 12.5 Å². The van der Waals surface area contributed by atoms with Crippen molar-refractivity contribution in [1.82, 2.24) is 5.06 Å². The minimum absolute atomic E-state index is 0.0819. The van der Waals surface area contributed by atoms with Crippen molar-refractivity contribution in [3.8, 4) is 0 Å². The molecule has 0 fully saturated rings. The van der Waals surface area contributed by atoms with Crippen LogP contribution in [0, 0.1) is 0 Å². The predicted molar refractivity (Wildman–Crippen MR) is 50.0 cm³/mol. The van der Waals surface area contributed by atoms with Gasteiger partial charge in [0.25, 0.3) is 0 Å². The molecule has 78 valence electrons. The third kappa shape index (κ3) is 5.03. The Bertz CT molecular complexity index is 226. The van der Waals surface area contributed by atoms with E-state index in [0.717, 1.165) is 0 Å². The minimum atomic E-state index is -2.15. The van der Waals surface area contributed by atoms with E-state index < -0.39 is 13.0 Å². The van der Waals surface area contributed by atoms with E-state index in [1.807, 2.05) is 6.92 Å². The molecule has 13 heavy (non-hydrogen) atoms. The van der Waals surface area contributed by atoms with Crippen molar-refractivity contribution in [3.63, 3.8) is 0 Å². The van der Waals surface area contributed by atoms with Crippen molar-refractivity contribution in [2.75, 3.05) is 20.0 Å². The van der Waals surface area contributed by atoms with Crippen LogP contribution in [-0.2, 0) is 9.36 Å². The number of carbonyl (C=O) groups is 1. The zero-order valence-corrected chi connectivity index (χ0v) is 9.41. The minimum Gasteiger partial charge on any atom is -0.319 e. The largest absolute Gasteiger partial charge is 0.319 e. The first-order chi connectivity index (χ1) is 5.75. The summed E-state index contributed by atoms with van der Waals surface area (Å²) in [4.78, 5) is 10.6. The molecule has 0 saturated carbocycles. The maximum absolute atomic E-state index is 11.5. The topological polar surface area (TPSA) is 74.2 Å². The summed E-state index contributed by atoms with van der Waals surface area (Å²) in [6.45, 7) is 6.58. The first-order valence-electron chi connectivity index (χ1n) is 4.10. The molecule has 0 aromatic carbocycles. The van der Waals surface area contributed by atoms with Crippen molar-refractivity contribution in [3.05, 3.63) is 0 Å². The van der Waals surface area contributed by atoms with Crippen molar-refractivity contribution >= 4 is 13.0 Å². The zero-order valence-electron chi connectivity index (χ0n) is 8.52. The molecule has 1 atom stereocenters. The number of quaternary nitrogens is 1. The molecule has 3 N–H and O–H groups in total. The van der Waals surface area contributed by atoms with E-state index in [1.54, 1.807) is 18.6 Å². The second kappa shape index (κ2) is 4.74. The number of amides is 1. The molecule has 0 aliphatic rings. The first-order valence-corrected chi connectivity index (χ1v) is 6.77. The number of carbonyl (C=O) groups excluding carboxylic acids is 1. The smallest absolute Gasteiger partial charge is 0.247 e. The van der Waals surface area contributed by atoms with Gasteiger partial charge in [-0.25, -0.2) is 0 Å². The van der Waals surface area contributed by atoms with Gasteiger partial charge in [-0.3, -0.25) is 10.0 Å². The van der Waals surface area contributed by atoms with Gasteiger partial charge in [-0.1, -0.05) is 0 Å². The highest BCUT2D eigenvalue weighted by Gasteiger charge is 2.21. The number of hydrogen-bond acceptors (Lipinski definition) is 3. The second-order valence-corrected chi connectivity index (χ2v) is 7.19. The molecule has 0 bridgehead atoms. The van der Waals surface area contributed by atoms with E-state index in [9.17, 15) is 9.36 Å². The number of nitrogens with two attached hydrogens (primary N) is 1. The fourth-order valence-corrected chi connectivity index (χ4v) is 1.24. The van der Waals surface area contributed by atoms with Gasteiger partial charge in [0, 0.05) is 6.92 Å². The van der Waals surface area contributed by atoms with E-state index >= 15 is 0 Å². The highest BCUT2D eigenvalue weighted by atomic mass is 31.2. The Morgan fingerprint density at radius 1 is 1.62 bits per heavy atom. The maximum Gasteiger partial charge on any atom is 0.247 e. The third-order valence-electron chi connectivity index (χ3n) is 1.96. The fourth-order valence-electron chi connectivity index (χ4n) is 0.635. The molecule has 0 spiro atoms. The average molecular weight is 209 g/mol. The summed E-state index contributed by atoms with van der Waals surface area (Å²) in [5.41, 5.74) is 0. The monoisotopic (exact) mass is 209 g/mol. The van der Waals surface area contributed by atoms with Crippen LogP contribution in [0.1, 0.15) is 13.8 Å². The molecule has 0 radical (unpaired) electrons. The maximum atomic E-state index is 11.5. The van der Waals surface area contributed by atoms with Gasteiger partial charge in [0.1, 0.15) is 12.9 Å². The molecule has 1 amide bonds. The van der Waals surface area contributed by atoms with Crippen LogP contribution in [0.4, 0.5) is 0 Å². The summed E-state index contributed by atoms with van der Waals surface area (Å²) in [7, 11) is -2.15. The standard InChI is InChI=1S/C7H17N2O3P/c1-6(13(3,4)12)8-5-9(11)7(2)10/h6,8,11H,5H2,1-4H3/p+1. The van der Waals surface area contributed by atoms with Crippen molar-refractivity contribution in [2.24, 2.45) is 0 Å². The average Bonchev–Trinajstić information content (AvgIpc) is 1.97. The molecule has 0 heterocycles. The van der Waals surface area contributed by atoms with Gasteiger partial charge in [-0.15, -0.1) is 0 Å². The molecule has 0 saturated heterocycles. The Hall–Kier alpha value is -0.380. The molecule has 0 aromatic rings. The molecule has 0 rings (SSSR count). The lowest BCUT2D eigenvalue weighted by molar-refractivity contribution is -0.690. The van der Waals surface area contributed by atoms with E-state index in [1.165, 1.54) is 6.92 Å². The summed E-state index contributed by atoms with van der Waals surface area (Å²) >= 11 is 0. The Balaban J connectivity index is 3.91. The first kappa shape index (κ1) is 12.6. The van der Waals surface area contributed by atoms with Crippen LogP contribution in [0.3, 0.4) is 0 Å². The lowest BCUT2D eigenvalue weighted by Crippen LogP contribution is -2.91. The summed E-state index contributed by atoms with van der Waals surface area (Å²) in [6, 6.07) is 0. The van der Waals surface area contributed by atoms with Crippen molar-refractivity contribution in [1.29, 1.82) is 0 Å². The van der Waals surface area contributed by atoms with Gasteiger partial charge in [0.05, 0.1) is 0 Å². The number of rotatable bonds is 4. The van der Waals surface area contributed by atoms with Crippen LogP contribution in [-0.4, -0.2) is 42.0 Å². The van der Waals surface area contributed by atoms with E-state index in [4.69, 9.17) is 5.21 Å². The highest BCUT2D eigenvalue weighted by Crippen LogP contribution is 2.38. The molecule has 0 aliphatic carbocycles. The van der Waals surface area contributed by atoms with Crippen LogP contribution in [0.15, 0.2) is 0 Å². The summed E-state index contributed by atoms with van der Waals surface area (Å²) < 4.78 is 11.5. The third-order valence-corrected chi connectivity index (χ3v) is 4.14. The molecule has 6 heteroatoms. The van der Waals surface area contributed by atoms with Crippen molar-refractivity contribution < 1.29 is 19.9 Å². The number of hydrogen-bond donors (Lipinski definition) is 2. The van der Waals surface area contributed by atoms with Gasteiger partial charge >= 0.3 is 0 Å². The van der Waals surface area contributed by atoms with E-state index in [0.29, 0.717) is 5.06 Å². The lowest BCUT2D eigenvalue weighted by atomic mass is 10.6. The highest BCUT2D eigenvalue weighted by molar-refractivity contribution is 7.62. The summed E-state index contributed by atoms with van der Waals surface area (Å²) in [5, 5.41) is 11.3.